The maximum atomic E-state index is 12.3. The third kappa shape index (κ3) is 2.87. The molecule has 0 radical (unpaired) electrons. The molecule has 4 heteroatoms. The highest BCUT2D eigenvalue weighted by molar-refractivity contribution is 7.10. The molecule has 1 atom stereocenters. The Kier molecular flexibility index (Phi) is 3.84. The molecule has 2 rings (SSSR count). The number of hydrogen-bond donors (Lipinski definition) is 2. The Labute approximate surface area is 107 Å². The number of hydrogen-bond acceptors (Lipinski definition) is 3. The maximum absolute atomic E-state index is 12.3. The zero-order valence-corrected chi connectivity index (χ0v) is 11.3. The molecular weight excluding hydrogens is 232 g/mol. The Balaban J connectivity index is 1.96. The molecule has 0 spiro atoms. The minimum absolute atomic E-state index is 0.120. The van der Waals surface area contributed by atoms with Crippen LogP contribution in [0.1, 0.15) is 37.6 Å². The van der Waals surface area contributed by atoms with Crippen molar-refractivity contribution in [2.45, 2.75) is 32.7 Å². The second kappa shape index (κ2) is 5.19. The van der Waals surface area contributed by atoms with Crippen LogP contribution < -0.4 is 10.6 Å². The van der Waals surface area contributed by atoms with Crippen molar-refractivity contribution in [1.29, 1.82) is 0 Å². The van der Waals surface area contributed by atoms with Crippen LogP contribution in [0.4, 0.5) is 0 Å². The summed E-state index contributed by atoms with van der Waals surface area (Å²) in [6, 6.07) is 4.21. The number of thiophene rings is 1. The lowest BCUT2D eigenvalue weighted by molar-refractivity contribution is -0.132. The van der Waals surface area contributed by atoms with E-state index in [0.717, 1.165) is 25.9 Å². The summed E-state index contributed by atoms with van der Waals surface area (Å²) in [6.07, 6.45) is 1.85. The summed E-state index contributed by atoms with van der Waals surface area (Å²) >= 11 is 1.69. The number of carbonyl (C=O) groups is 1. The molecule has 0 aliphatic carbocycles. The first-order valence-corrected chi connectivity index (χ1v) is 7.05. The Morgan fingerprint density at radius 1 is 1.53 bits per heavy atom. The van der Waals surface area contributed by atoms with Gasteiger partial charge in [-0.3, -0.25) is 4.79 Å². The van der Waals surface area contributed by atoms with E-state index < -0.39 is 0 Å². The normalized spacial score (nSPS) is 20.8. The van der Waals surface area contributed by atoms with E-state index in [1.807, 2.05) is 18.4 Å². The molecular formula is C13H20N2OS. The Morgan fingerprint density at radius 2 is 2.24 bits per heavy atom. The first-order chi connectivity index (χ1) is 8.12. The Bertz CT molecular complexity index is 369. The van der Waals surface area contributed by atoms with Gasteiger partial charge in [0.15, 0.2) is 0 Å². The fourth-order valence-electron chi connectivity index (χ4n) is 2.19. The lowest BCUT2D eigenvalue weighted by atomic mass is 9.80. The second-order valence-electron chi connectivity index (χ2n) is 5.02. The molecule has 1 aromatic heterocycles. The smallest absolute Gasteiger partial charge is 0.226 e. The van der Waals surface area contributed by atoms with E-state index in [1.54, 1.807) is 11.3 Å². The van der Waals surface area contributed by atoms with Gasteiger partial charge in [0.2, 0.25) is 5.91 Å². The van der Waals surface area contributed by atoms with Crippen molar-refractivity contribution in [3.63, 3.8) is 0 Å². The van der Waals surface area contributed by atoms with Gasteiger partial charge in [0.25, 0.3) is 0 Å². The van der Waals surface area contributed by atoms with Crippen LogP contribution in [0.25, 0.3) is 0 Å². The molecule has 1 aliphatic rings. The van der Waals surface area contributed by atoms with Gasteiger partial charge in [0.05, 0.1) is 6.04 Å². The fourth-order valence-corrected chi connectivity index (χ4v) is 2.92. The van der Waals surface area contributed by atoms with Gasteiger partial charge in [-0.1, -0.05) is 13.0 Å². The Morgan fingerprint density at radius 3 is 2.82 bits per heavy atom. The Hall–Kier alpha value is -0.870. The number of amides is 1. The SMILES string of the molecule is C[C@H](NC(=O)C1(C)CCNCC1)c1cccs1. The predicted molar refractivity (Wildman–Crippen MR) is 71.1 cm³/mol. The molecule has 2 heterocycles. The zero-order valence-electron chi connectivity index (χ0n) is 10.5. The van der Waals surface area contributed by atoms with Gasteiger partial charge >= 0.3 is 0 Å². The molecule has 0 aromatic carbocycles. The van der Waals surface area contributed by atoms with E-state index in [0.29, 0.717) is 0 Å². The number of rotatable bonds is 3. The van der Waals surface area contributed by atoms with Gasteiger partial charge in [0, 0.05) is 10.3 Å². The second-order valence-corrected chi connectivity index (χ2v) is 6.00. The summed E-state index contributed by atoms with van der Waals surface area (Å²) in [4.78, 5) is 13.5. The van der Waals surface area contributed by atoms with E-state index in [2.05, 4.69) is 23.6 Å². The molecule has 0 saturated carbocycles. The lowest BCUT2D eigenvalue weighted by Gasteiger charge is -2.33. The summed E-state index contributed by atoms with van der Waals surface area (Å²) in [5, 5.41) is 8.48. The molecule has 94 valence electrons. The standard InChI is InChI=1S/C13H20N2OS/c1-10(11-4-3-9-17-11)15-12(16)13(2)5-7-14-8-6-13/h3-4,9-10,14H,5-8H2,1-2H3,(H,15,16)/t10-/m0/s1. The molecule has 3 nitrogen and oxygen atoms in total. The van der Waals surface area contributed by atoms with Crippen LogP contribution in [0.3, 0.4) is 0 Å². The third-order valence-electron chi connectivity index (χ3n) is 3.57. The van der Waals surface area contributed by atoms with Crippen LogP contribution in [-0.2, 0) is 4.79 Å². The largest absolute Gasteiger partial charge is 0.348 e. The van der Waals surface area contributed by atoms with E-state index >= 15 is 0 Å². The van der Waals surface area contributed by atoms with Gasteiger partial charge in [-0.05, 0) is 44.3 Å². The molecule has 1 saturated heterocycles. The molecule has 17 heavy (non-hydrogen) atoms. The molecule has 2 N–H and O–H groups in total. The monoisotopic (exact) mass is 252 g/mol. The summed E-state index contributed by atoms with van der Waals surface area (Å²) in [5.41, 5.74) is -0.198. The van der Waals surface area contributed by atoms with Crippen molar-refractivity contribution in [3.05, 3.63) is 22.4 Å². The first kappa shape index (κ1) is 12.6. The average molecular weight is 252 g/mol. The maximum Gasteiger partial charge on any atom is 0.226 e. The number of nitrogens with one attached hydrogen (secondary N) is 2. The van der Waals surface area contributed by atoms with Crippen molar-refractivity contribution in [1.82, 2.24) is 10.6 Å². The molecule has 1 amide bonds. The third-order valence-corrected chi connectivity index (χ3v) is 4.63. The van der Waals surface area contributed by atoms with Crippen molar-refractivity contribution in [2.75, 3.05) is 13.1 Å². The highest BCUT2D eigenvalue weighted by Crippen LogP contribution is 2.29. The van der Waals surface area contributed by atoms with E-state index in [9.17, 15) is 4.79 Å². The van der Waals surface area contributed by atoms with Gasteiger partial charge in [0.1, 0.15) is 0 Å². The van der Waals surface area contributed by atoms with Crippen molar-refractivity contribution < 1.29 is 4.79 Å². The average Bonchev–Trinajstić information content (AvgIpc) is 2.83. The van der Waals surface area contributed by atoms with Gasteiger partial charge in [-0.2, -0.15) is 0 Å². The minimum atomic E-state index is -0.198. The molecule has 0 bridgehead atoms. The summed E-state index contributed by atoms with van der Waals surface area (Å²) in [5.74, 6) is 0.194. The summed E-state index contributed by atoms with van der Waals surface area (Å²) in [7, 11) is 0. The number of carbonyl (C=O) groups excluding carboxylic acids is 1. The van der Waals surface area contributed by atoms with Crippen LogP contribution in [0, 0.1) is 5.41 Å². The van der Waals surface area contributed by atoms with E-state index in [4.69, 9.17) is 0 Å². The predicted octanol–water partition coefficient (Wildman–Crippen LogP) is 2.32. The quantitative estimate of drug-likeness (QED) is 0.867. The molecule has 0 unspecified atom stereocenters. The van der Waals surface area contributed by atoms with E-state index in [1.165, 1.54) is 4.88 Å². The van der Waals surface area contributed by atoms with Crippen LogP contribution in [0.2, 0.25) is 0 Å². The van der Waals surface area contributed by atoms with Gasteiger partial charge in [-0.15, -0.1) is 11.3 Å². The summed E-state index contributed by atoms with van der Waals surface area (Å²) < 4.78 is 0. The molecule has 1 aromatic rings. The minimum Gasteiger partial charge on any atom is -0.348 e. The number of piperidine rings is 1. The fraction of sp³-hybridized carbons (Fsp3) is 0.615. The molecule has 1 aliphatic heterocycles. The lowest BCUT2D eigenvalue weighted by Crippen LogP contribution is -2.46. The van der Waals surface area contributed by atoms with Crippen LogP contribution in [-0.4, -0.2) is 19.0 Å². The van der Waals surface area contributed by atoms with Gasteiger partial charge < -0.3 is 10.6 Å². The van der Waals surface area contributed by atoms with Crippen LogP contribution in [0.15, 0.2) is 17.5 Å². The van der Waals surface area contributed by atoms with Crippen molar-refractivity contribution >= 4 is 17.2 Å². The summed E-state index contributed by atoms with van der Waals surface area (Å²) in [6.45, 7) is 6.01. The van der Waals surface area contributed by atoms with Crippen LogP contribution in [0.5, 0.6) is 0 Å². The first-order valence-electron chi connectivity index (χ1n) is 6.17. The van der Waals surface area contributed by atoms with Gasteiger partial charge in [-0.25, -0.2) is 0 Å². The highest BCUT2D eigenvalue weighted by atomic mass is 32.1. The molecule has 1 fully saturated rings. The van der Waals surface area contributed by atoms with Crippen molar-refractivity contribution in [3.8, 4) is 0 Å². The van der Waals surface area contributed by atoms with Crippen molar-refractivity contribution in [2.24, 2.45) is 5.41 Å². The topological polar surface area (TPSA) is 41.1 Å². The zero-order chi connectivity index (χ0) is 12.3. The highest BCUT2D eigenvalue weighted by Gasteiger charge is 2.35. The van der Waals surface area contributed by atoms with Crippen LogP contribution >= 0.6 is 11.3 Å². The van der Waals surface area contributed by atoms with E-state index in [-0.39, 0.29) is 17.4 Å².